The van der Waals surface area contributed by atoms with Gasteiger partial charge in [0.1, 0.15) is 5.71 Å². The molecule has 8 heteroatoms. The highest BCUT2D eigenvalue weighted by molar-refractivity contribution is 9.10. The van der Waals surface area contributed by atoms with E-state index < -0.39 is 5.97 Å². The summed E-state index contributed by atoms with van der Waals surface area (Å²) in [7, 11) is 0. The molecule has 0 aromatic heterocycles. The summed E-state index contributed by atoms with van der Waals surface area (Å²) in [5.41, 5.74) is 4.58. The number of hydrazone groups is 1. The van der Waals surface area contributed by atoms with Gasteiger partial charge in [-0.3, -0.25) is 19.9 Å². The van der Waals surface area contributed by atoms with E-state index in [0.29, 0.717) is 17.5 Å². The lowest BCUT2D eigenvalue weighted by Crippen LogP contribution is -2.31. The van der Waals surface area contributed by atoms with Gasteiger partial charge in [0.05, 0.1) is 23.4 Å². The number of anilines is 1. The second-order valence-corrected chi connectivity index (χ2v) is 7.22. The maximum Gasteiger partial charge on any atom is 0.354 e. The highest BCUT2D eigenvalue weighted by Gasteiger charge is 2.34. The van der Waals surface area contributed by atoms with Crippen LogP contribution in [0.15, 0.2) is 58.1 Å². The van der Waals surface area contributed by atoms with Gasteiger partial charge in [0, 0.05) is 17.4 Å². The van der Waals surface area contributed by atoms with Crippen molar-refractivity contribution in [2.45, 2.75) is 19.8 Å². The lowest BCUT2D eigenvalue weighted by molar-refractivity contribution is -0.135. The predicted octanol–water partition coefficient (Wildman–Crippen LogP) is 3.86. The third kappa shape index (κ3) is 4.89. The zero-order valence-corrected chi connectivity index (χ0v) is 17.4. The summed E-state index contributed by atoms with van der Waals surface area (Å²) < 4.78 is 5.99. The molecule has 3 rings (SSSR count). The van der Waals surface area contributed by atoms with E-state index in [2.05, 4.69) is 26.5 Å². The molecule has 0 unspecified atom stereocenters. The van der Waals surface area contributed by atoms with Crippen LogP contribution in [0.2, 0.25) is 0 Å². The van der Waals surface area contributed by atoms with E-state index in [1.165, 1.54) is 4.90 Å². The Morgan fingerprint density at radius 1 is 1.07 bits per heavy atom. The highest BCUT2D eigenvalue weighted by atomic mass is 79.9. The van der Waals surface area contributed by atoms with Crippen molar-refractivity contribution in [3.63, 3.8) is 0 Å². The van der Waals surface area contributed by atoms with Gasteiger partial charge < -0.3 is 4.74 Å². The molecule has 0 saturated heterocycles. The van der Waals surface area contributed by atoms with E-state index in [0.717, 1.165) is 10.2 Å². The van der Waals surface area contributed by atoms with E-state index in [-0.39, 0.29) is 37.1 Å². The van der Waals surface area contributed by atoms with Crippen LogP contribution in [-0.4, -0.2) is 41.5 Å². The molecule has 0 saturated carbocycles. The maximum absolute atomic E-state index is 12.4. The minimum atomic E-state index is -0.528. The lowest BCUT2D eigenvalue weighted by atomic mass is 10.1. The molecule has 2 amide bonds. The summed E-state index contributed by atoms with van der Waals surface area (Å²) >= 11 is 3.36. The number of carbonyl (C=O) groups excluding carboxylic acids is 3. The SMILES string of the molecule is CCOC(=O)C(CCCN1C(=O)c2ccccc2C1=O)=NNc1ccc(Br)cc1. The molecule has 2 aromatic carbocycles. The summed E-state index contributed by atoms with van der Waals surface area (Å²) in [5, 5.41) is 4.17. The minimum Gasteiger partial charge on any atom is -0.461 e. The first-order chi connectivity index (χ1) is 14.0. The van der Waals surface area contributed by atoms with Crippen molar-refractivity contribution in [1.82, 2.24) is 4.90 Å². The number of amides is 2. The molecule has 1 aliphatic heterocycles. The van der Waals surface area contributed by atoms with Crippen molar-refractivity contribution in [1.29, 1.82) is 0 Å². The first-order valence-corrected chi connectivity index (χ1v) is 10.0. The molecular formula is C21H20BrN3O4. The van der Waals surface area contributed by atoms with Crippen LogP contribution >= 0.6 is 15.9 Å². The van der Waals surface area contributed by atoms with Gasteiger partial charge in [0.25, 0.3) is 11.8 Å². The summed E-state index contributed by atoms with van der Waals surface area (Å²) in [6.45, 7) is 2.15. The Bertz CT molecular complexity index is 922. The highest BCUT2D eigenvalue weighted by Crippen LogP contribution is 2.22. The fraction of sp³-hybridized carbons (Fsp3) is 0.238. The molecule has 29 heavy (non-hydrogen) atoms. The molecule has 0 aliphatic carbocycles. The number of nitrogens with zero attached hydrogens (tertiary/aromatic N) is 2. The molecule has 0 radical (unpaired) electrons. The zero-order chi connectivity index (χ0) is 20.8. The number of nitrogens with one attached hydrogen (secondary N) is 1. The van der Waals surface area contributed by atoms with Crippen LogP contribution in [0.3, 0.4) is 0 Å². The second-order valence-electron chi connectivity index (χ2n) is 6.31. The van der Waals surface area contributed by atoms with Crippen LogP contribution < -0.4 is 5.43 Å². The van der Waals surface area contributed by atoms with E-state index in [1.54, 1.807) is 31.2 Å². The maximum atomic E-state index is 12.4. The first-order valence-electron chi connectivity index (χ1n) is 9.21. The summed E-state index contributed by atoms with van der Waals surface area (Å²) in [6, 6.07) is 14.1. The molecule has 0 fully saturated rings. The van der Waals surface area contributed by atoms with Crippen LogP contribution in [0.1, 0.15) is 40.5 Å². The third-order valence-corrected chi connectivity index (χ3v) is 4.88. The van der Waals surface area contributed by atoms with E-state index in [1.807, 2.05) is 24.3 Å². The summed E-state index contributed by atoms with van der Waals surface area (Å²) in [5.74, 6) is -1.15. The number of fused-ring (bicyclic) bond motifs is 1. The predicted molar refractivity (Wildman–Crippen MR) is 113 cm³/mol. The molecule has 1 heterocycles. The van der Waals surface area contributed by atoms with Gasteiger partial charge in [0.15, 0.2) is 0 Å². The molecule has 0 atom stereocenters. The molecule has 7 nitrogen and oxygen atoms in total. The van der Waals surface area contributed by atoms with Gasteiger partial charge in [-0.25, -0.2) is 4.79 Å². The van der Waals surface area contributed by atoms with Crippen LogP contribution in [0.25, 0.3) is 0 Å². The quantitative estimate of drug-likeness (QED) is 0.281. The molecule has 0 spiro atoms. The Morgan fingerprint density at radius 2 is 1.69 bits per heavy atom. The average molecular weight is 458 g/mol. The van der Waals surface area contributed by atoms with Crippen molar-refractivity contribution < 1.29 is 19.1 Å². The monoisotopic (exact) mass is 457 g/mol. The third-order valence-electron chi connectivity index (χ3n) is 4.35. The Hall–Kier alpha value is -3.00. The molecular weight excluding hydrogens is 438 g/mol. The molecule has 1 aliphatic rings. The number of imide groups is 1. The topological polar surface area (TPSA) is 88.1 Å². The summed E-state index contributed by atoms with van der Waals surface area (Å²) in [4.78, 5) is 38.3. The zero-order valence-electron chi connectivity index (χ0n) is 15.9. The number of rotatable bonds is 8. The standard InChI is InChI=1S/C21H20BrN3O4/c1-2-29-21(28)18(24-23-15-11-9-14(22)10-12-15)8-5-13-25-19(26)16-6-3-4-7-17(16)20(25)27/h3-4,6-7,9-12,23H,2,5,8,13H2,1H3. The molecule has 150 valence electrons. The van der Waals surface area contributed by atoms with Crippen molar-refractivity contribution >= 4 is 45.1 Å². The van der Waals surface area contributed by atoms with Crippen LogP contribution in [-0.2, 0) is 9.53 Å². The number of benzene rings is 2. The molecule has 0 bridgehead atoms. The van der Waals surface area contributed by atoms with E-state index in [4.69, 9.17) is 4.74 Å². The minimum absolute atomic E-state index is 0.197. The largest absolute Gasteiger partial charge is 0.461 e. The number of halogens is 1. The first kappa shape index (κ1) is 20.7. The Kier molecular flexibility index (Phi) is 6.77. The Balaban J connectivity index is 1.64. The van der Waals surface area contributed by atoms with Gasteiger partial charge in [-0.15, -0.1) is 0 Å². The van der Waals surface area contributed by atoms with Crippen LogP contribution in [0.5, 0.6) is 0 Å². The number of ether oxygens (including phenoxy) is 1. The normalized spacial score (nSPS) is 13.4. The average Bonchev–Trinajstić information content (AvgIpc) is 2.97. The second kappa shape index (κ2) is 9.47. The van der Waals surface area contributed by atoms with Crippen LogP contribution in [0, 0.1) is 0 Å². The fourth-order valence-electron chi connectivity index (χ4n) is 2.92. The van der Waals surface area contributed by atoms with Crippen molar-refractivity contribution in [2.24, 2.45) is 5.10 Å². The van der Waals surface area contributed by atoms with Crippen molar-refractivity contribution in [3.8, 4) is 0 Å². The van der Waals surface area contributed by atoms with Crippen molar-refractivity contribution in [3.05, 3.63) is 64.1 Å². The van der Waals surface area contributed by atoms with Gasteiger partial charge in [-0.05, 0) is 49.7 Å². The van der Waals surface area contributed by atoms with Gasteiger partial charge in [0.2, 0.25) is 0 Å². The van der Waals surface area contributed by atoms with Gasteiger partial charge in [-0.1, -0.05) is 28.1 Å². The van der Waals surface area contributed by atoms with E-state index >= 15 is 0 Å². The Labute approximate surface area is 176 Å². The number of hydrogen-bond donors (Lipinski definition) is 1. The number of esters is 1. The summed E-state index contributed by atoms with van der Waals surface area (Å²) in [6.07, 6.45) is 0.654. The fourth-order valence-corrected chi connectivity index (χ4v) is 3.19. The van der Waals surface area contributed by atoms with Crippen molar-refractivity contribution in [2.75, 3.05) is 18.6 Å². The van der Waals surface area contributed by atoms with Gasteiger partial charge in [-0.2, -0.15) is 5.10 Å². The smallest absolute Gasteiger partial charge is 0.354 e. The lowest BCUT2D eigenvalue weighted by Gasteiger charge is -2.14. The number of carbonyl (C=O) groups is 3. The number of hydrogen-bond acceptors (Lipinski definition) is 6. The van der Waals surface area contributed by atoms with Gasteiger partial charge >= 0.3 is 5.97 Å². The Morgan fingerprint density at radius 3 is 2.28 bits per heavy atom. The van der Waals surface area contributed by atoms with E-state index in [9.17, 15) is 14.4 Å². The molecule has 1 N–H and O–H groups in total. The van der Waals surface area contributed by atoms with Crippen LogP contribution in [0.4, 0.5) is 5.69 Å². The molecule has 2 aromatic rings.